The lowest BCUT2D eigenvalue weighted by Gasteiger charge is -2.20. The number of fused-ring (bicyclic) bond motifs is 1. The highest BCUT2D eigenvalue weighted by molar-refractivity contribution is 6.06. The van der Waals surface area contributed by atoms with Crippen LogP contribution < -0.4 is 14.8 Å². The number of nitrogens with one attached hydrogen (secondary N) is 1. The molecule has 0 spiro atoms. The van der Waals surface area contributed by atoms with Gasteiger partial charge in [-0.05, 0) is 43.5 Å². The summed E-state index contributed by atoms with van der Waals surface area (Å²) in [6, 6.07) is 6.38. The van der Waals surface area contributed by atoms with E-state index in [2.05, 4.69) is 15.5 Å². The van der Waals surface area contributed by atoms with E-state index in [-0.39, 0.29) is 12.3 Å². The van der Waals surface area contributed by atoms with Crippen LogP contribution in [0, 0.1) is 6.92 Å². The summed E-state index contributed by atoms with van der Waals surface area (Å²) < 4.78 is 20.9. The highest BCUT2D eigenvalue weighted by Crippen LogP contribution is 2.40. The second-order valence-electron chi connectivity index (χ2n) is 7.74. The molecule has 0 saturated heterocycles. The maximum Gasteiger partial charge on any atom is 0.307 e. The van der Waals surface area contributed by atoms with E-state index in [1.807, 2.05) is 0 Å². The highest BCUT2D eigenvalue weighted by Gasteiger charge is 2.30. The minimum Gasteiger partial charge on any atom is -0.493 e. The standard InChI is InChI=1S/C23H25N3O6/c1-12-21-15(10-16(13-5-6-13)25-23(21)32-26-12)22(28)24-17(11-20(27)31-4)14-7-8-18(29-2)19(9-14)30-3/h7-10,13,17H,5-6,11H2,1-4H3,(H,24,28)/t17-/m1/s1. The predicted molar refractivity (Wildman–Crippen MR) is 115 cm³/mol. The second-order valence-corrected chi connectivity index (χ2v) is 7.74. The van der Waals surface area contributed by atoms with Crippen LogP contribution in [0.3, 0.4) is 0 Å². The molecular formula is C23H25N3O6. The van der Waals surface area contributed by atoms with Crippen molar-refractivity contribution < 1.29 is 28.3 Å². The fourth-order valence-electron chi connectivity index (χ4n) is 3.69. The molecule has 168 valence electrons. The molecule has 0 bridgehead atoms. The number of carbonyl (C=O) groups is 2. The van der Waals surface area contributed by atoms with Gasteiger partial charge >= 0.3 is 5.97 Å². The van der Waals surface area contributed by atoms with Gasteiger partial charge in [-0.15, -0.1) is 0 Å². The second kappa shape index (κ2) is 8.86. The third-order valence-corrected chi connectivity index (χ3v) is 5.59. The molecular weight excluding hydrogens is 414 g/mol. The van der Waals surface area contributed by atoms with Crippen molar-refractivity contribution in [1.82, 2.24) is 15.5 Å². The number of esters is 1. The Morgan fingerprint density at radius 3 is 2.56 bits per heavy atom. The SMILES string of the molecule is COC(=O)C[C@@H](NC(=O)c1cc(C2CC2)nc2onc(C)c12)c1ccc(OC)c(OC)c1. The van der Waals surface area contributed by atoms with Gasteiger partial charge in [-0.25, -0.2) is 4.98 Å². The number of ether oxygens (including phenoxy) is 3. The van der Waals surface area contributed by atoms with E-state index in [9.17, 15) is 9.59 Å². The number of rotatable bonds is 8. The van der Waals surface area contributed by atoms with Crippen LogP contribution in [0.5, 0.6) is 11.5 Å². The van der Waals surface area contributed by atoms with Gasteiger partial charge in [-0.1, -0.05) is 11.2 Å². The number of aromatic nitrogens is 2. The van der Waals surface area contributed by atoms with Crippen molar-refractivity contribution in [3.05, 3.63) is 46.8 Å². The van der Waals surface area contributed by atoms with Crippen molar-refractivity contribution in [1.29, 1.82) is 0 Å². The molecule has 1 amide bonds. The lowest BCUT2D eigenvalue weighted by Crippen LogP contribution is -2.31. The van der Waals surface area contributed by atoms with E-state index in [4.69, 9.17) is 18.7 Å². The van der Waals surface area contributed by atoms with Crippen LogP contribution in [-0.4, -0.2) is 43.3 Å². The van der Waals surface area contributed by atoms with Gasteiger partial charge in [-0.2, -0.15) is 0 Å². The molecule has 1 N–H and O–H groups in total. The van der Waals surface area contributed by atoms with E-state index in [1.54, 1.807) is 38.3 Å². The minimum atomic E-state index is -0.650. The number of aryl methyl sites for hydroxylation is 1. The Kier molecular flexibility index (Phi) is 5.98. The zero-order valence-electron chi connectivity index (χ0n) is 18.4. The lowest BCUT2D eigenvalue weighted by molar-refractivity contribution is -0.141. The Balaban J connectivity index is 1.71. The molecule has 1 aliphatic carbocycles. The van der Waals surface area contributed by atoms with Crippen LogP contribution in [0.15, 0.2) is 28.8 Å². The zero-order chi connectivity index (χ0) is 22.8. The van der Waals surface area contributed by atoms with Crippen LogP contribution in [0.25, 0.3) is 11.1 Å². The summed E-state index contributed by atoms with van der Waals surface area (Å²) in [6.45, 7) is 1.77. The van der Waals surface area contributed by atoms with Gasteiger partial charge in [0.25, 0.3) is 11.6 Å². The summed E-state index contributed by atoms with van der Waals surface area (Å²) in [6.07, 6.45) is 2.01. The first-order valence-electron chi connectivity index (χ1n) is 10.3. The van der Waals surface area contributed by atoms with Gasteiger partial charge in [0.05, 0.1) is 50.4 Å². The Hall–Kier alpha value is -3.62. The topological polar surface area (TPSA) is 113 Å². The zero-order valence-corrected chi connectivity index (χ0v) is 18.4. The van der Waals surface area contributed by atoms with E-state index < -0.39 is 12.0 Å². The van der Waals surface area contributed by atoms with E-state index in [0.717, 1.165) is 18.5 Å². The van der Waals surface area contributed by atoms with Crippen molar-refractivity contribution in [3.63, 3.8) is 0 Å². The van der Waals surface area contributed by atoms with Crippen molar-refractivity contribution in [2.45, 2.75) is 38.1 Å². The molecule has 0 radical (unpaired) electrons. The summed E-state index contributed by atoms with van der Waals surface area (Å²) >= 11 is 0. The first-order chi connectivity index (χ1) is 15.4. The van der Waals surface area contributed by atoms with Crippen molar-refractivity contribution in [3.8, 4) is 11.5 Å². The first-order valence-corrected chi connectivity index (χ1v) is 10.3. The van der Waals surface area contributed by atoms with Gasteiger partial charge in [0.15, 0.2) is 11.5 Å². The third-order valence-electron chi connectivity index (χ3n) is 5.59. The van der Waals surface area contributed by atoms with Crippen LogP contribution in [0.2, 0.25) is 0 Å². The third kappa shape index (κ3) is 4.23. The molecule has 1 aromatic carbocycles. The molecule has 3 aromatic rings. The largest absolute Gasteiger partial charge is 0.493 e. The summed E-state index contributed by atoms with van der Waals surface area (Å²) in [5, 5.41) is 7.51. The average Bonchev–Trinajstić information content (AvgIpc) is 3.60. The number of amides is 1. The number of methoxy groups -OCH3 is 3. The highest BCUT2D eigenvalue weighted by atomic mass is 16.5. The molecule has 9 heteroatoms. The maximum atomic E-state index is 13.4. The van der Waals surface area contributed by atoms with Gasteiger partial charge < -0.3 is 24.1 Å². The quantitative estimate of drug-likeness (QED) is 0.531. The van der Waals surface area contributed by atoms with Crippen LogP contribution in [-0.2, 0) is 9.53 Å². The molecule has 1 saturated carbocycles. The number of nitrogens with zero attached hydrogens (tertiary/aromatic N) is 2. The molecule has 1 fully saturated rings. The summed E-state index contributed by atoms with van der Waals surface area (Å²) in [4.78, 5) is 30.1. The number of hydrogen-bond acceptors (Lipinski definition) is 8. The van der Waals surface area contributed by atoms with E-state index >= 15 is 0 Å². The molecule has 2 aromatic heterocycles. The smallest absolute Gasteiger partial charge is 0.307 e. The van der Waals surface area contributed by atoms with Gasteiger partial charge in [0.1, 0.15) is 0 Å². The van der Waals surface area contributed by atoms with Crippen molar-refractivity contribution >= 4 is 23.0 Å². The molecule has 1 atom stereocenters. The van der Waals surface area contributed by atoms with Crippen LogP contribution >= 0.6 is 0 Å². The summed E-state index contributed by atoms with van der Waals surface area (Å²) in [7, 11) is 4.38. The molecule has 0 aliphatic heterocycles. The van der Waals surface area contributed by atoms with Crippen LogP contribution in [0.4, 0.5) is 0 Å². The summed E-state index contributed by atoms with van der Waals surface area (Å²) in [5.74, 6) is 0.558. The average molecular weight is 439 g/mol. The Bertz CT molecular complexity index is 1170. The van der Waals surface area contributed by atoms with Gasteiger partial charge in [0.2, 0.25) is 0 Å². The normalized spacial score (nSPS) is 14.1. The fraction of sp³-hybridized carbons (Fsp3) is 0.391. The Morgan fingerprint density at radius 1 is 1.16 bits per heavy atom. The van der Waals surface area contributed by atoms with Crippen molar-refractivity contribution in [2.75, 3.05) is 21.3 Å². The molecule has 0 unspecified atom stereocenters. The fourth-order valence-corrected chi connectivity index (χ4v) is 3.69. The van der Waals surface area contributed by atoms with Crippen molar-refractivity contribution in [2.24, 2.45) is 0 Å². The Labute approximate surface area is 185 Å². The maximum absolute atomic E-state index is 13.4. The molecule has 9 nitrogen and oxygen atoms in total. The number of benzene rings is 1. The number of carbonyl (C=O) groups excluding carboxylic acids is 2. The van der Waals surface area contributed by atoms with Gasteiger partial charge in [-0.3, -0.25) is 9.59 Å². The Morgan fingerprint density at radius 2 is 1.91 bits per heavy atom. The van der Waals surface area contributed by atoms with E-state index in [0.29, 0.717) is 45.3 Å². The number of pyridine rings is 1. The molecule has 32 heavy (non-hydrogen) atoms. The van der Waals surface area contributed by atoms with Crippen LogP contribution in [0.1, 0.15) is 58.5 Å². The van der Waals surface area contributed by atoms with Gasteiger partial charge in [0, 0.05) is 11.6 Å². The molecule has 2 heterocycles. The lowest BCUT2D eigenvalue weighted by atomic mass is 10.0. The molecule has 4 rings (SSSR count). The monoisotopic (exact) mass is 439 g/mol. The van der Waals surface area contributed by atoms with E-state index in [1.165, 1.54) is 14.2 Å². The summed E-state index contributed by atoms with van der Waals surface area (Å²) in [5.41, 5.74) is 2.83. The predicted octanol–water partition coefficient (Wildman–Crippen LogP) is 3.46. The molecule has 1 aliphatic rings. The number of hydrogen-bond donors (Lipinski definition) is 1. The first kappa shape index (κ1) is 21.6. The minimum absolute atomic E-state index is 0.0515.